The third-order valence-electron chi connectivity index (χ3n) is 5.77. The molecule has 1 spiro atoms. The fourth-order valence-corrected chi connectivity index (χ4v) is 4.33. The smallest absolute Gasteiger partial charge is 0.123 e. The highest BCUT2D eigenvalue weighted by atomic mass is 35.5. The number of fused-ring (bicyclic) bond motifs is 2. The summed E-state index contributed by atoms with van der Waals surface area (Å²) < 4.78 is 6.37. The first-order valence-corrected chi connectivity index (χ1v) is 9.12. The lowest BCUT2D eigenvalue weighted by Crippen LogP contribution is -2.45. The summed E-state index contributed by atoms with van der Waals surface area (Å²) >= 11 is 0. The first kappa shape index (κ1) is 19.9. The number of para-hydroxylation sites is 1. The fourth-order valence-electron chi connectivity index (χ4n) is 4.33. The first-order valence-electron chi connectivity index (χ1n) is 9.12. The van der Waals surface area contributed by atoms with Gasteiger partial charge in [-0.25, -0.2) is 0 Å². The van der Waals surface area contributed by atoms with Crippen molar-refractivity contribution >= 4 is 35.7 Å². The minimum Gasteiger partial charge on any atom is -0.487 e. The summed E-state index contributed by atoms with van der Waals surface area (Å²) in [4.78, 5) is 4.66. The van der Waals surface area contributed by atoms with Crippen LogP contribution in [0.5, 0.6) is 5.75 Å². The van der Waals surface area contributed by atoms with E-state index in [9.17, 15) is 0 Å². The lowest BCUT2D eigenvalue weighted by atomic mass is 9.87. The van der Waals surface area contributed by atoms with Crippen molar-refractivity contribution in [3.8, 4) is 16.9 Å². The molecule has 5 rings (SSSR count). The molecule has 0 saturated carbocycles. The van der Waals surface area contributed by atoms with Crippen LogP contribution in [0.4, 0.5) is 0 Å². The number of nitrogens with one attached hydrogen (secondary N) is 1. The van der Waals surface area contributed by atoms with Crippen molar-refractivity contribution in [2.75, 3.05) is 13.1 Å². The van der Waals surface area contributed by atoms with Crippen molar-refractivity contribution in [1.82, 2.24) is 10.3 Å². The molecule has 1 aromatic heterocycles. The van der Waals surface area contributed by atoms with Crippen molar-refractivity contribution in [2.24, 2.45) is 0 Å². The Labute approximate surface area is 172 Å². The number of nitrogens with zero attached hydrogens (tertiary/aromatic N) is 1. The molecule has 1 fully saturated rings. The largest absolute Gasteiger partial charge is 0.487 e. The maximum Gasteiger partial charge on any atom is 0.123 e. The number of rotatable bonds is 1. The molecule has 0 amide bonds. The second kappa shape index (κ2) is 7.67. The zero-order chi connectivity index (χ0) is 16.9. The average molecular weight is 403 g/mol. The molecule has 2 aromatic carbocycles. The van der Waals surface area contributed by atoms with E-state index in [0.29, 0.717) is 0 Å². The van der Waals surface area contributed by atoms with Gasteiger partial charge >= 0.3 is 0 Å². The summed E-state index contributed by atoms with van der Waals surface area (Å²) in [5.41, 5.74) is 6.16. The summed E-state index contributed by atoms with van der Waals surface area (Å²) in [5.74, 6) is 1.07. The highest BCUT2D eigenvalue weighted by Crippen LogP contribution is 2.42. The van der Waals surface area contributed by atoms with Crippen LogP contribution in [-0.2, 0) is 6.42 Å². The van der Waals surface area contributed by atoms with Crippen LogP contribution in [0, 0.1) is 6.92 Å². The number of aromatic nitrogens is 1. The molecule has 0 bridgehead atoms. The van der Waals surface area contributed by atoms with Gasteiger partial charge in [0.25, 0.3) is 0 Å². The molecule has 1 saturated heterocycles. The molecule has 3 nitrogen and oxygen atoms in total. The summed E-state index contributed by atoms with van der Waals surface area (Å²) in [7, 11) is 0. The van der Waals surface area contributed by atoms with Crippen LogP contribution in [0.15, 0.2) is 48.7 Å². The zero-order valence-electron chi connectivity index (χ0n) is 15.3. The van der Waals surface area contributed by atoms with Gasteiger partial charge in [-0.3, -0.25) is 4.98 Å². The standard InChI is InChI=1S/C22H22N2O.2ClH/c1-15-18-4-2-3-5-20(18)24-14-19(15)16-6-7-21-17(12-16)13-22(25-21)8-10-23-11-9-22;;/h2-7,12,14,23H,8-11,13H2,1H3;2*1H. The van der Waals surface area contributed by atoms with Gasteiger partial charge in [0.15, 0.2) is 0 Å². The van der Waals surface area contributed by atoms with Gasteiger partial charge in [0, 0.05) is 23.6 Å². The minimum atomic E-state index is 0. The number of aryl methyl sites for hydroxylation is 1. The predicted molar refractivity (Wildman–Crippen MR) is 116 cm³/mol. The monoisotopic (exact) mass is 402 g/mol. The van der Waals surface area contributed by atoms with Crippen LogP contribution in [0.25, 0.3) is 22.0 Å². The Balaban J connectivity index is 0.00000105. The Kier molecular flexibility index (Phi) is 5.66. The Bertz CT molecular complexity index is 968. The second-order valence-corrected chi connectivity index (χ2v) is 7.35. The molecule has 0 unspecified atom stereocenters. The van der Waals surface area contributed by atoms with Crippen molar-refractivity contribution in [3.63, 3.8) is 0 Å². The van der Waals surface area contributed by atoms with Crippen LogP contribution in [0.1, 0.15) is 24.0 Å². The molecule has 0 aliphatic carbocycles. The van der Waals surface area contributed by atoms with Gasteiger partial charge < -0.3 is 10.1 Å². The Morgan fingerprint density at radius 3 is 2.63 bits per heavy atom. The number of hydrogen-bond acceptors (Lipinski definition) is 3. The SMILES string of the molecule is Cc1c(-c2ccc3c(c2)CC2(CCNCC2)O3)cnc2ccccc12.Cl.Cl. The van der Waals surface area contributed by atoms with E-state index in [2.05, 4.69) is 53.6 Å². The molecule has 27 heavy (non-hydrogen) atoms. The maximum absolute atomic E-state index is 6.37. The molecule has 1 N–H and O–H groups in total. The van der Waals surface area contributed by atoms with Gasteiger partial charge in [0.05, 0.1) is 5.52 Å². The molecule has 5 heteroatoms. The van der Waals surface area contributed by atoms with E-state index in [-0.39, 0.29) is 30.4 Å². The molecule has 2 aliphatic rings. The highest BCUT2D eigenvalue weighted by Gasteiger charge is 2.40. The number of halogens is 2. The van der Waals surface area contributed by atoms with E-state index in [1.807, 2.05) is 12.3 Å². The average Bonchev–Trinajstić information content (AvgIpc) is 2.99. The molecular weight excluding hydrogens is 379 g/mol. The van der Waals surface area contributed by atoms with Gasteiger partial charge in [-0.2, -0.15) is 0 Å². The summed E-state index contributed by atoms with van der Waals surface area (Å²) in [6.45, 7) is 4.29. The van der Waals surface area contributed by atoms with Gasteiger partial charge in [-0.1, -0.05) is 24.3 Å². The number of hydrogen-bond donors (Lipinski definition) is 1. The second-order valence-electron chi connectivity index (χ2n) is 7.35. The van der Waals surface area contributed by atoms with E-state index in [1.54, 1.807) is 0 Å². The van der Waals surface area contributed by atoms with E-state index in [1.165, 1.54) is 27.6 Å². The van der Waals surface area contributed by atoms with E-state index in [4.69, 9.17) is 4.74 Å². The summed E-state index contributed by atoms with van der Waals surface area (Å²) in [6, 6.07) is 15.0. The fraction of sp³-hybridized carbons (Fsp3) is 0.318. The third kappa shape index (κ3) is 3.40. The first-order chi connectivity index (χ1) is 12.2. The van der Waals surface area contributed by atoms with Crippen molar-refractivity contribution in [3.05, 3.63) is 59.8 Å². The number of pyridine rings is 1. The Morgan fingerprint density at radius 2 is 1.81 bits per heavy atom. The zero-order valence-corrected chi connectivity index (χ0v) is 17.0. The van der Waals surface area contributed by atoms with Crippen molar-refractivity contribution in [2.45, 2.75) is 31.8 Å². The molecular formula is C22H24Cl2N2O. The van der Waals surface area contributed by atoms with Crippen molar-refractivity contribution in [1.29, 1.82) is 0 Å². The predicted octanol–water partition coefficient (Wildman–Crippen LogP) is 5.11. The van der Waals surface area contributed by atoms with Gasteiger partial charge in [0.2, 0.25) is 0 Å². The highest BCUT2D eigenvalue weighted by molar-refractivity contribution is 5.88. The van der Waals surface area contributed by atoms with Gasteiger partial charge in [-0.15, -0.1) is 24.8 Å². The minimum absolute atomic E-state index is 0. The lowest BCUT2D eigenvalue weighted by Gasteiger charge is -2.33. The van der Waals surface area contributed by atoms with Gasteiger partial charge in [-0.05, 0) is 67.7 Å². The van der Waals surface area contributed by atoms with E-state index < -0.39 is 0 Å². The van der Waals surface area contributed by atoms with Crippen LogP contribution in [0.3, 0.4) is 0 Å². The van der Waals surface area contributed by atoms with Crippen LogP contribution >= 0.6 is 24.8 Å². The number of ether oxygens (including phenoxy) is 1. The third-order valence-corrected chi connectivity index (χ3v) is 5.77. The summed E-state index contributed by atoms with van der Waals surface area (Å²) in [5, 5.41) is 4.66. The molecule has 142 valence electrons. The van der Waals surface area contributed by atoms with Crippen LogP contribution in [-0.4, -0.2) is 23.7 Å². The maximum atomic E-state index is 6.37. The van der Waals surface area contributed by atoms with Crippen molar-refractivity contribution < 1.29 is 4.74 Å². The van der Waals surface area contributed by atoms with Crippen LogP contribution in [0.2, 0.25) is 0 Å². The Hall–Kier alpha value is -1.81. The number of benzene rings is 2. The molecule has 3 heterocycles. The van der Waals surface area contributed by atoms with Crippen LogP contribution < -0.4 is 10.1 Å². The number of piperidine rings is 1. The summed E-state index contributed by atoms with van der Waals surface area (Å²) in [6.07, 6.45) is 5.22. The quantitative estimate of drug-likeness (QED) is 0.613. The topological polar surface area (TPSA) is 34.1 Å². The Morgan fingerprint density at radius 1 is 1.04 bits per heavy atom. The lowest BCUT2D eigenvalue weighted by molar-refractivity contribution is 0.0600. The van der Waals surface area contributed by atoms with Gasteiger partial charge in [0.1, 0.15) is 11.4 Å². The van der Waals surface area contributed by atoms with E-state index in [0.717, 1.165) is 43.6 Å². The molecule has 2 aliphatic heterocycles. The molecule has 0 atom stereocenters. The molecule has 0 radical (unpaired) electrons. The molecule has 3 aromatic rings. The normalized spacial score (nSPS) is 16.9. The van der Waals surface area contributed by atoms with E-state index >= 15 is 0 Å².